The number of carboxylic acids is 1. The normalized spacial score (nSPS) is 10.7. The van der Waals surface area contributed by atoms with Crippen molar-refractivity contribution in [2.24, 2.45) is 0 Å². The van der Waals surface area contributed by atoms with Gasteiger partial charge < -0.3 is 5.11 Å². The maximum Gasteiger partial charge on any atom is 0.309 e. The Morgan fingerprint density at radius 1 is 1.67 bits per heavy atom. The molecule has 0 saturated carbocycles. The highest BCUT2D eigenvalue weighted by Crippen LogP contribution is 2.33. The molecule has 7 heteroatoms. The summed E-state index contributed by atoms with van der Waals surface area (Å²) in [6, 6.07) is 0. The Kier molecular flexibility index (Phi) is 3.98. The minimum Gasteiger partial charge on any atom is -0.481 e. The predicted molar refractivity (Wildman–Crippen MR) is 53.2 cm³/mol. The average Bonchev–Trinajstić information content (AvgIpc) is 2.12. The average molecular weight is 300 g/mol. The number of nitrogens with zero attached hydrogens (tertiary/aromatic N) is 1. The van der Waals surface area contributed by atoms with E-state index in [4.69, 9.17) is 16.7 Å². The van der Waals surface area contributed by atoms with E-state index in [1.54, 1.807) is 0 Å². The van der Waals surface area contributed by atoms with E-state index in [0.717, 1.165) is 6.20 Å². The molecule has 1 rings (SSSR count). The first-order chi connectivity index (χ1) is 6.93. The van der Waals surface area contributed by atoms with E-state index < -0.39 is 18.0 Å². The molecule has 0 bridgehead atoms. The number of aromatic nitrogens is 1. The first-order valence-electron chi connectivity index (χ1n) is 3.76. The third kappa shape index (κ3) is 2.85. The van der Waals surface area contributed by atoms with Crippen molar-refractivity contribution in [2.45, 2.75) is 12.8 Å². The van der Waals surface area contributed by atoms with Gasteiger partial charge in [-0.15, -0.1) is 0 Å². The quantitative estimate of drug-likeness (QED) is 0.933. The third-order valence-electron chi connectivity index (χ3n) is 1.61. The van der Waals surface area contributed by atoms with Gasteiger partial charge >= 0.3 is 5.97 Å². The minimum atomic E-state index is -2.74. The van der Waals surface area contributed by atoms with Crippen molar-refractivity contribution in [3.8, 4) is 0 Å². The third-order valence-corrected chi connectivity index (χ3v) is 3.10. The highest BCUT2D eigenvalue weighted by Gasteiger charge is 2.18. The number of pyridine rings is 1. The van der Waals surface area contributed by atoms with Crippen LogP contribution in [-0.4, -0.2) is 16.1 Å². The van der Waals surface area contributed by atoms with Gasteiger partial charge in [0.2, 0.25) is 0 Å². The summed E-state index contributed by atoms with van der Waals surface area (Å²) in [5.74, 6) is -1.11. The molecule has 15 heavy (non-hydrogen) atoms. The molecule has 0 aliphatic rings. The maximum absolute atomic E-state index is 12.3. The fourth-order valence-electron chi connectivity index (χ4n) is 0.933. The summed E-state index contributed by atoms with van der Waals surface area (Å²) in [5.41, 5.74) is -0.297. The maximum atomic E-state index is 12.3. The molecule has 0 aliphatic carbocycles. The van der Waals surface area contributed by atoms with Crippen LogP contribution in [0.1, 0.15) is 17.7 Å². The van der Waals surface area contributed by atoms with Gasteiger partial charge in [-0.3, -0.25) is 9.78 Å². The SMILES string of the molecule is O=C(O)Cc1ncc(C(F)F)c(Cl)c1Br. The van der Waals surface area contributed by atoms with Crippen molar-refractivity contribution >= 4 is 33.5 Å². The summed E-state index contributed by atoms with van der Waals surface area (Å²) in [7, 11) is 0. The van der Waals surface area contributed by atoms with Crippen LogP contribution in [0.3, 0.4) is 0 Å². The van der Waals surface area contributed by atoms with Crippen LogP contribution in [0.25, 0.3) is 0 Å². The molecule has 82 valence electrons. The van der Waals surface area contributed by atoms with E-state index in [9.17, 15) is 13.6 Å². The van der Waals surface area contributed by atoms with Crippen LogP contribution in [0.2, 0.25) is 5.02 Å². The van der Waals surface area contributed by atoms with Crippen LogP contribution in [0.5, 0.6) is 0 Å². The summed E-state index contributed by atoms with van der Waals surface area (Å²) >= 11 is 8.55. The summed E-state index contributed by atoms with van der Waals surface area (Å²) < 4.78 is 24.8. The number of carboxylic acid groups (broad SMARTS) is 1. The molecular weight excluding hydrogens is 295 g/mol. The van der Waals surface area contributed by atoms with E-state index in [-0.39, 0.29) is 21.6 Å². The number of alkyl halides is 2. The van der Waals surface area contributed by atoms with Crippen LogP contribution in [0.4, 0.5) is 8.78 Å². The zero-order chi connectivity index (χ0) is 11.6. The Bertz CT molecular complexity index is 400. The van der Waals surface area contributed by atoms with Crippen molar-refractivity contribution in [3.05, 3.63) is 26.9 Å². The van der Waals surface area contributed by atoms with Gasteiger partial charge in [-0.2, -0.15) is 0 Å². The molecule has 0 saturated heterocycles. The number of rotatable bonds is 3. The lowest BCUT2D eigenvalue weighted by molar-refractivity contribution is -0.136. The summed E-state index contributed by atoms with van der Waals surface area (Å²) in [4.78, 5) is 14.0. The molecule has 0 fully saturated rings. The van der Waals surface area contributed by atoms with Crippen LogP contribution in [0, 0.1) is 0 Å². The van der Waals surface area contributed by atoms with Gasteiger partial charge in [0.05, 0.1) is 27.2 Å². The summed E-state index contributed by atoms with van der Waals surface area (Å²) in [5, 5.41) is 8.31. The molecule has 1 N–H and O–H groups in total. The Morgan fingerprint density at radius 3 is 2.73 bits per heavy atom. The molecule has 1 aromatic heterocycles. The molecular formula is C8H5BrClF2NO2. The van der Waals surface area contributed by atoms with Crippen LogP contribution < -0.4 is 0 Å². The number of hydrogen-bond donors (Lipinski definition) is 1. The van der Waals surface area contributed by atoms with Gasteiger partial charge in [0.15, 0.2) is 0 Å². The van der Waals surface area contributed by atoms with Gasteiger partial charge in [0.1, 0.15) is 0 Å². The zero-order valence-corrected chi connectivity index (χ0v) is 9.52. The zero-order valence-electron chi connectivity index (χ0n) is 7.18. The van der Waals surface area contributed by atoms with Crippen molar-refractivity contribution in [2.75, 3.05) is 0 Å². The molecule has 0 radical (unpaired) electrons. The Hall–Kier alpha value is -0.750. The monoisotopic (exact) mass is 299 g/mol. The molecule has 0 spiro atoms. The molecule has 0 amide bonds. The number of carbonyl (C=O) groups is 1. The number of hydrogen-bond acceptors (Lipinski definition) is 2. The summed E-state index contributed by atoms with van der Waals surface area (Å²) in [6.07, 6.45) is -2.22. The number of halogens is 4. The van der Waals surface area contributed by atoms with Crippen molar-refractivity contribution in [1.29, 1.82) is 0 Å². The first kappa shape index (κ1) is 12.3. The number of aliphatic carboxylic acids is 1. The van der Waals surface area contributed by atoms with Gasteiger partial charge in [-0.25, -0.2) is 8.78 Å². The fraction of sp³-hybridized carbons (Fsp3) is 0.250. The fourth-order valence-corrected chi connectivity index (χ4v) is 1.64. The van der Waals surface area contributed by atoms with Crippen molar-refractivity contribution in [1.82, 2.24) is 4.98 Å². The highest BCUT2D eigenvalue weighted by atomic mass is 79.9. The first-order valence-corrected chi connectivity index (χ1v) is 4.93. The second-order valence-electron chi connectivity index (χ2n) is 2.66. The smallest absolute Gasteiger partial charge is 0.309 e. The molecule has 0 atom stereocenters. The molecule has 1 heterocycles. The Labute approximate surface area is 97.2 Å². The van der Waals surface area contributed by atoms with Gasteiger partial charge in [0, 0.05) is 6.20 Å². The molecule has 0 unspecified atom stereocenters. The van der Waals surface area contributed by atoms with Crippen LogP contribution >= 0.6 is 27.5 Å². The predicted octanol–water partition coefficient (Wildman–Crippen LogP) is 3.06. The second-order valence-corrected chi connectivity index (χ2v) is 3.83. The Morgan fingerprint density at radius 2 is 2.27 bits per heavy atom. The van der Waals surface area contributed by atoms with Crippen LogP contribution in [0.15, 0.2) is 10.7 Å². The lowest BCUT2D eigenvalue weighted by Gasteiger charge is -2.07. The molecule has 1 aromatic rings. The summed E-state index contributed by atoms with van der Waals surface area (Å²) in [6.45, 7) is 0. The topological polar surface area (TPSA) is 50.2 Å². The van der Waals surface area contributed by atoms with E-state index >= 15 is 0 Å². The Balaban J connectivity index is 3.15. The van der Waals surface area contributed by atoms with E-state index in [0.29, 0.717) is 0 Å². The lowest BCUT2D eigenvalue weighted by Crippen LogP contribution is -2.04. The van der Waals surface area contributed by atoms with Crippen LogP contribution in [-0.2, 0) is 11.2 Å². The second kappa shape index (κ2) is 4.85. The van der Waals surface area contributed by atoms with E-state index in [2.05, 4.69) is 20.9 Å². The molecule has 3 nitrogen and oxygen atoms in total. The minimum absolute atomic E-state index is 0.101. The van der Waals surface area contributed by atoms with Crippen molar-refractivity contribution < 1.29 is 18.7 Å². The van der Waals surface area contributed by atoms with E-state index in [1.165, 1.54) is 0 Å². The lowest BCUT2D eigenvalue weighted by atomic mass is 10.2. The van der Waals surface area contributed by atoms with Gasteiger partial charge in [-0.05, 0) is 15.9 Å². The van der Waals surface area contributed by atoms with Gasteiger partial charge in [-0.1, -0.05) is 11.6 Å². The standard InChI is InChI=1S/C8H5BrClF2NO2/c9-6-4(1-5(14)15)13-2-3(7(6)10)8(11)12/h2,8H,1H2,(H,14,15). The van der Waals surface area contributed by atoms with Crippen molar-refractivity contribution in [3.63, 3.8) is 0 Å². The van der Waals surface area contributed by atoms with Gasteiger partial charge in [0.25, 0.3) is 6.43 Å². The molecule has 0 aliphatic heterocycles. The highest BCUT2D eigenvalue weighted by molar-refractivity contribution is 9.10. The van der Waals surface area contributed by atoms with E-state index in [1.807, 2.05) is 0 Å². The largest absolute Gasteiger partial charge is 0.481 e. The molecule has 0 aromatic carbocycles.